The van der Waals surface area contributed by atoms with E-state index in [2.05, 4.69) is 11.9 Å². The van der Waals surface area contributed by atoms with Crippen LogP contribution in [0, 0.1) is 5.92 Å². The van der Waals surface area contributed by atoms with Crippen LogP contribution >= 0.6 is 0 Å². The van der Waals surface area contributed by atoms with Crippen LogP contribution < -0.4 is 0 Å². The number of pyridine rings is 1. The monoisotopic (exact) mass is 248 g/mol. The second-order valence-corrected chi connectivity index (χ2v) is 4.93. The maximum Gasteiger partial charge on any atom is 0.255 e. The molecule has 2 rings (SSSR count). The van der Waals surface area contributed by atoms with Crippen LogP contribution in [0.1, 0.15) is 43.0 Å². The summed E-state index contributed by atoms with van der Waals surface area (Å²) in [6.07, 6.45) is 7.40. The number of carbonyl (C=O) groups excluding carboxylic acids is 1. The highest BCUT2D eigenvalue weighted by Gasteiger charge is 2.21. The summed E-state index contributed by atoms with van der Waals surface area (Å²) in [6.45, 7) is 3.83. The lowest BCUT2D eigenvalue weighted by Crippen LogP contribution is -2.32. The van der Waals surface area contributed by atoms with Gasteiger partial charge in [0.05, 0.1) is 11.8 Å². The Morgan fingerprint density at radius 1 is 1.44 bits per heavy atom. The lowest BCUT2D eigenvalue weighted by Gasteiger charge is -2.20. The highest BCUT2D eigenvalue weighted by molar-refractivity contribution is 5.94. The SMILES string of the molecule is CCC1CCCN(C(=O)c2cncc(O)c2)CC1. The van der Waals surface area contributed by atoms with Gasteiger partial charge in [-0.3, -0.25) is 9.78 Å². The molecule has 0 spiro atoms. The van der Waals surface area contributed by atoms with E-state index in [4.69, 9.17) is 0 Å². The number of amides is 1. The Bertz CT molecular complexity index is 420. The van der Waals surface area contributed by atoms with Gasteiger partial charge in [0.25, 0.3) is 5.91 Å². The van der Waals surface area contributed by atoms with Gasteiger partial charge >= 0.3 is 0 Å². The van der Waals surface area contributed by atoms with Gasteiger partial charge in [-0.1, -0.05) is 13.3 Å². The zero-order valence-electron chi connectivity index (χ0n) is 10.8. The third kappa shape index (κ3) is 3.00. The van der Waals surface area contributed by atoms with Gasteiger partial charge in [0, 0.05) is 19.3 Å². The molecule has 1 atom stereocenters. The molecule has 1 saturated heterocycles. The van der Waals surface area contributed by atoms with Gasteiger partial charge in [-0.15, -0.1) is 0 Å². The quantitative estimate of drug-likeness (QED) is 0.874. The van der Waals surface area contributed by atoms with Crippen molar-refractivity contribution in [2.45, 2.75) is 32.6 Å². The molecule has 0 aliphatic carbocycles. The van der Waals surface area contributed by atoms with Gasteiger partial charge in [0.1, 0.15) is 5.75 Å². The van der Waals surface area contributed by atoms with Gasteiger partial charge in [-0.05, 0) is 31.2 Å². The number of hydrogen-bond acceptors (Lipinski definition) is 3. The first-order valence-corrected chi connectivity index (χ1v) is 6.64. The summed E-state index contributed by atoms with van der Waals surface area (Å²) in [5.74, 6) is 0.766. The maximum absolute atomic E-state index is 12.3. The van der Waals surface area contributed by atoms with E-state index >= 15 is 0 Å². The summed E-state index contributed by atoms with van der Waals surface area (Å²) >= 11 is 0. The molecule has 4 nitrogen and oxygen atoms in total. The Balaban J connectivity index is 2.05. The fourth-order valence-corrected chi connectivity index (χ4v) is 2.50. The number of hydrogen-bond donors (Lipinski definition) is 1. The summed E-state index contributed by atoms with van der Waals surface area (Å²) in [5, 5.41) is 9.36. The standard InChI is InChI=1S/C14H20N2O2/c1-2-11-4-3-6-16(7-5-11)14(18)12-8-13(17)10-15-9-12/h8-11,17H,2-7H2,1H3. The Morgan fingerprint density at radius 2 is 2.28 bits per heavy atom. The van der Waals surface area contributed by atoms with Crippen LogP contribution in [0.25, 0.3) is 0 Å². The summed E-state index contributed by atoms with van der Waals surface area (Å²) < 4.78 is 0. The van der Waals surface area contributed by atoms with E-state index in [9.17, 15) is 9.90 Å². The molecule has 2 heterocycles. The van der Waals surface area contributed by atoms with E-state index in [1.165, 1.54) is 31.3 Å². The lowest BCUT2D eigenvalue weighted by atomic mass is 9.98. The highest BCUT2D eigenvalue weighted by atomic mass is 16.3. The summed E-state index contributed by atoms with van der Waals surface area (Å²) in [4.78, 5) is 18.0. The van der Waals surface area contributed by atoms with Gasteiger partial charge in [0.15, 0.2) is 0 Å². The van der Waals surface area contributed by atoms with Crippen LogP contribution in [0.15, 0.2) is 18.5 Å². The zero-order valence-corrected chi connectivity index (χ0v) is 10.8. The molecule has 18 heavy (non-hydrogen) atoms. The molecule has 1 N–H and O–H groups in total. The molecule has 1 fully saturated rings. The molecular formula is C14H20N2O2. The van der Waals surface area contributed by atoms with Crippen molar-refractivity contribution in [2.24, 2.45) is 5.92 Å². The van der Waals surface area contributed by atoms with Crippen molar-refractivity contribution in [1.82, 2.24) is 9.88 Å². The molecule has 0 aromatic carbocycles. The predicted molar refractivity (Wildman–Crippen MR) is 69.4 cm³/mol. The number of aromatic nitrogens is 1. The third-order valence-corrected chi connectivity index (χ3v) is 3.68. The second kappa shape index (κ2) is 5.85. The molecule has 1 aliphatic rings. The van der Waals surface area contributed by atoms with Crippen molar-refractivity contribution in [1.29, 1.82) is 0 Å². The van der Waals surface area contributed by atoms with Crippen LogP contribution in [-0.4, -0.2) is 34.0 Å². The number of carbonyl (C=O) groups is 1. The normalized spacial score (nSPS) is 20.5. The third-order valence-electron chi connectivity index (χ3n) is 3.68. The Hall–Kier alpha value is -1.58. The van der Waals surface area contributed by atoms with E-state index in [0.717, 1.165) is 31.8 Å². The van der Waals surface area contributed by atoms with Gasteiger partial charge in [0.2, 0.25) is 0 Å². The molecule has 1 aliphatic heterocycles. The van der Waals surface area contributed by atoms with Gasteiger partial charge < -0.3 is 10.0 Å². The largest absolute Gasteiger partial charge is 0.506 e. The van der Waals surface area contributed by atoms with Crippen LogP contribution in [0.5, 0.6) is 5.75 Å². The minimum absolute atomic E-state index is 0.0184. The van der Waals surface area contributed by atoms with Gasteiger partial charge in [-0.25, -0.2) is 0 Å². The first kappa shape index (κ1) is 12.9. The highest BCUT2D eigenvalue weighted by Crippen LogP contribution is 2.21. The number of rotatable bonds is 2. The number of likely N-dealkylation sites (tertiary alicyclic amines) is 1. The number of aromatic hydroxyl groups is 1. The first-order chi connectivity index (χ1) is 8.70. The van der Waals surface area contributed by atoms with Crippen LogP contribution in [0.3, 0.4) is 0 Å². The Morgan fingerprint density at radius 3 is 3.00 bits per heavy atom. The fraction of sp³-hybridized carbons (Fsp3) is 0.571. The molecule has 98 valence electrons. The molecule has 0 radical (unpaired) electrons. The summed E-state index contributed by atoms with van der Waals surface area (Å²) in [6, 6.07) is 1.48. The van der Waals surface area contributed by atoms with Crippen molar-refractivity contribution in [3.8, 4) is 5.75 Å². The molecule has 1 aromatic heterocycles. The van der Waals surface area contributed by atoms with E-state index in [-0.39, 0.29) is 11.7 Å². The van der Waals surface area contributed by atoms with Gasteiger partial charge in [-0.2, -0.15) is 0 Å². The summed E-state index contributed by atoms with van der Waals surface area (Å²) in [5.41, 5.74) is 0.477. The van der Waals surface area contributed by atoms with E-state index in [1.54, 1.807) is 0 Å². The summed E-state index contributed by atoms with van der Waals surface area (Å²) in [7, 11) is 0. The Kier molecular flexibility index (Phi) is 4.18. The second-order valence-electron chi connectivity index (χ2n) is 4.93. The molecule has 1 unspecified atom stereocenters. The molecule has 1 aromatic rings. The van der Waals surface area contributed by atoms with Crippen molar-refractivity contribution in [2.75, 3.05) is 13.1 Å². The molecule has 0 saturated carbocycles. The lowest BCUT2D eigenvalue weighted by molar-refractivity contribution is 0.0759. The minimum Gasteiger partial charge on any atom is -0.506 e. The van der Waals surface area contributed by atoms with Crippen LogP contribution in [0.2, 0.25) is 0 Å². The average molecular weight is 248 g/mol. The van der Waals surface area contributed by atoms with Crippen molar-refractivity contribution in [3.05, 3.63) is 24.0 Å². The topological polar surface area (TPSA) is 53.4 Å². The molecule has 1 amide bonds. The Labute approximate surface area is 108 Å². The van der Waals surface area contributed by atoms with Crippen molar-refractivity contribution in [3.63, 3.8) is 0 Å². The van der Waals surface area contributed by atoms with Crippen molar-refractivity contribution < 1.29 is 9.90 Å². The minimum atomic E-state index is -0.0184. The van der Waals surface area contributed by atoms with Crippen molar-refractivity contribution >= 4 is 5.91 Å². The number of nitrogens with zero attached hydrogens (tertiary/aromatic N) is 2. The van der Waals surface area contributed by atoms with E-state index < -0.39 is 0 Å². The van der Waals surface area contributed by atoms with E-state index in [1.807, 2.05) is 4.90 Å². The first-order valence-electron chi connectivity index (χ1n) is 6.64. The predicted octanol–water partition coefficient (Wildman–Crippen LogP) is 2.44. The molecule has 0 bridgehead atoms. The zero-order chi connectivity index (χ0) is 13.0. The maximum atomic E-state index is 12.3. The average Bonchev–Trinajstić information content (AvgIpc) is 2.63. The van der Waals surface area contributed by atoms with Crippen LogP contribution in [-0.2, 0) is 0 Å². The van der Waals surface area contributed by atoms with E-state index in [0.29, 0.717) is 5.56 Å². The smallest absolute Gasteiger partial charge is 0.255 e. The van der Waals surface area contributed by atoms with Crippen LogP contribution in [0.4, 0.5) is 0 Å². The molecular weight excluding hydrogens is 228 g/mol. The molecule has 4 heteroatoms. The fourth-order valence-electron chi connectivity index (χ4n) is 2.50.